The van der Waals surface area contributed by atoms with Gasteiger partial charge in [0.05, 0.1) is 32.8 Å². The third-order valence-corrected chi connectivity index (χ3v) is 6.44. The zero-order valence-corrected chi connectivity index (χ0v) is 23.7. The van der Waals surface area contributed by atoms with Crippen LogP contribution in [0.25, 0.3) is 22.3 Å². The summed E-state index contributed by atoms with van der Waals surface area (Å²) in [5.74, 6) is 0.838. The van der Waals surface area contributed by atoms with Gasteiger partial charge in [-0.2, -0.15) is 0 Å². The number of ether oxygens (including phenoxy) is 3. The Hall–Kier alpha value is -4.14. The SMILES string of the molecule is COc1ccc(C(=O)CN(C)CCCOC(=O)c2cccc3c(=O)c(C)c(-c4ccccc4)oc23)cc1OC.Cl. The van der Waals surface area contributed by atoms with E-state index in [2.05, 4.69) is 0 Å². The average molecular weight is 566 g/mol. The van der Waals surface area contributed by atoms with Crippen molar-refractivity contribution in [3.63, 3.8) is 0 Å². The van der Waals surface area contributed by atoms with Crippen LogP contribution in [-0.4, -0.2) is 57.6 Å². The highest BCUT2D eigenvalue weighted by Gasteiger charge is 2.19. The van der Waals surface area contributed by atoms with Crippen molar-refractivity contribution in [3.05, 3.63) is 93.6 Å². The van der Waals surface area contributed by atoms with E-state index in [1.165, 1.54) is 7.11 Å². The van der Waals surface area contributed by atoms with Crippen LogP contribution in [0, 0.1) is 6.92 Å². The third kappa shape index (κ3) is 6.70. The van der Waals surface area contributed by atoms with Crippen molar-refractivity contribution < 1.29 is 28.2 Å². The molecule has 0 saturated carbocycles. The Bertz CT molecular complexity index is 1550. The fourth-order valence-electron chi connectivity index (χ4n) is 4.34. The summed E-state index contributed by atoms with van der Waals surface area (Å²) >= 11 is 0. The number of esters is 1. The van der Waals surface area contributed by atoms with Crippen LogP contribution in [0.15, 0.2) is 75.9 Å². The molecular formula is C31H32ClNO7. The largest absolute Gasteiger partial charge is 0.493 e. The van der Waals surface area contributed by atoms with Crippen molar-refractivity contribution in [1.29, 1.82) is 0 Å². The maximum absolute atomic E-state index is 13.0. The van der Waals surface area contributed by atoms with E-state index < -0.39 is 5.97 Å². The molecule has 0 spiro atoms. The first kappa shape index (κ1) is 30.4. The van der Waals surface area contributed by atoms with Gasteiger partial charge in [0, 0.05) is 23.2 Å². The number of halogens is 1. The summed E-state index contributed by atoms with van der Waals surface area (Å²) in [5.41, 5.74) is 1.96. The molecule has 0 aliphatic carbocycles. The molecule has 0 aliphatic rings. The van der Waals surface area contributed by atoms with Gasteiger partial charge in [-0.05, 0) is 50.7 Å². The molecule has 0 saturated heterocycles. The van der Waals surface area contributed by atoms with Crippen molar-refractivity contribution in [2.75, 3.05) is 41.0 Å². The van der Waals surface area contributed by atoms with E-state index in [1.54, 1.807) is 50.4 Å². The second kappa shape index (κ2) is 13.8. The van der Waals surface area contributed by atoms with Crippen LogP contribution in [0.5, 0.6) is 11.5 Å². The fourth-order valence-corrected chi connectivity index (χ4v) is 4.34. The highest BCUT2D eigenvalue weighted by molar-refractivity contribution is 6.02. The molecule has 0 fully saturated rings. The van der Waals surface area contributed by atoms with E-state index in [-0.39, 0.29) is 47.9 Å². The average Bonchev–Trinajstić information content (AvgIpc) is 2.96. The second-order valence-electron chi connectivity index (χ2n) is 9.15. The van der Waals surface area contributed by atoms with Crippen molar-refractivity contribution in [1.82, 2.24) is 4.90 Å². The molecule has 210 valence electrons. The van der Waals surface area contributed by atoms with E-state index in [0.717, 1.165) is 5.56 Å². The van der Waals surface area contributed by atoms with Gasteiger partial charge in [0.1, 0.15) is 11.3 Å². The Balaban J connectivity index is 0.00000441. The maximum atomic E-state index is 13.0. The van der Waals surface area contributed by atoms with Crippen LogP contribution >= 0.6 is 12.4 Å². The number of hydrogen-bond acceptors (Lipinski definition) is 8. The molecule has 0 N–H and O–H groups in total. The van der Waals surface area contributed by atoms with E-state index in [1.807, 2.05) is 42.3 Å². The number of Topliss-reactive ketones (excluding diaryl/α,β-unsaturated/α-hetero) is 1. The maximum Gasteiger partial charge on any atom is 0.341 e. The molecule has 1 heterocycles. The molecule has 8 nitrogen and oxygen atoms in total. The van der Waals surface area contributed by atoms with Gasteiger partial charge in [-0.15, -0.1) is 12.4 Å². The Kier molecular flexibility index (Phi) is 10.5. The lowest BCUT2D eigenvalue weighted by molar-refractivity contribution is 0.0490. The molecule has 0 unspecified atom stereocenters. The molecule has 0 aliphatic heterocycles. The van der Waals surface area contributed by atoms with Crippen LogP contribution in [0.3, 0.4) is 0 Å². The molecule has 0 amide bonds. The number of rotatable bonds is 11. The van der Waals surface area contributed by atoms with E-state index in [4.69, 9.17) is 18.6 Å². The van der Waals surface area contributed by atoms with Crippen molar-refractivity contribution in [2.45, 2.75) is 13.3 Å². The molecule has 40 heavy (non-hydrogen) atoms. The number of para-hydroxylation sites is 1. The summed E-state index contributed by atoms with van der Waals surface area (Å²) in [7, 11) is 4.89. The number of benzene rings is 3. The van der Waals surface area contributed by atoms with Gasteiger partial charge in [0.25, 0.3) is 0 Å². The monoisotopic (exact) mass is 565 g/mol. The number of likely N-dealkylation sites (N-methyl/N-ethyl adjacent to an activating group) is 1. The van der Waals surface area contributed by atoms with Crippen LogP contribution in [-0.2, 0) is 4.74 Å². The molecule has 3 aromatic carbocycles. The van der Waals surface area contributed by atoms with Crippen molar-refractivity contribution in [2.24, 2.45) is 0 Å². The molecule has 4 rings (SSSR count). The summed E-state index contributed by atoms with van der Waals surface area (Å²) in [6.45, 7) is 2.59. The molecule has 9 heteroatoms. The number of nitrogens with zero attached hydrogens (tertiary/aromatic N) is 1. The van der Waals surface area contributed by atoms with Crippen LogP contribution in [0.2, 0.25) is 0 Å². The summed E-state index contributed by atoms with van der Waals surface area (Å²) in [5, 5.41) is 0.329. The lowest BCUT2D eigenvalue weighted by Gasteiger charge is -2.16. The zero-order chi connectivity index (χ0) is 27.9. The lowest BCUT2D eigenvalue weighted by atomic mass is 10.0. The minimum atomic E-state index is -0.573. The van der Waals surface area contributed by atoms with E-state index >= 15 is 0 Å². The van der Waals surface area contributed by atoms with Gasteiger partial charge in [-0.3, -0.25) is 14.5 Å². The standard InChI is InChI=1S/C31H31NO7.ClH/c1-20-28(34)23-12-8-13-24(30(23)39-29(20)21-10-6-5-7-11-21)31(35)38-17-9-16-32(2)19-25(33)22-14-15-26(36-3)27(18-22)37-4;/h5-8,10-15,18H,9,16-17,19H2,1-4H3;1H. The Labute approximate surface area is 238 Å². The fraction of sp³-hybridized carbons (Fsp3) is 0.258. The predicted octanol–water partition coefficient (Wildman–Crippen LogP) is 5.57. The topological polar surface area (TPSA) is 95.3 Å². The Morgan fingerprint density at radius 3 is 2.35 bits per heavy atom. The lowest BCUT2D eigenvalue weighted by Crippen LogP contribution is -2.28. The summed E-state index contributed by atoms with van der Waals surface area (Å²) in [4.78, 5) is 40.5. The van der Waals surface area contributed by atoms with E-state index in [9.17, 15) is 14.4 Å². The molecule has 0 bridgehead atoms. The minimum absolute atomic E-state index is 0. The zero-order valence-electron chi connectivity index (χ0n) is 22.9. The normalized spacial score (nSPS) is 10.7. The number of carbonyl (C=O) groups excluding carboxylic acids is 2. The molecule has 4 aromatic rings. The van der Waals surface area contributed by atoms with Gasteiger partial charge in [-0.25, -0.2) is 4.79 Å². The predicted molar refractivity (Wildman–Crippen MR) is 156 cm³/mol. The number of fused-ring (bicyclic) bond motifs is 1. The molecular weight excluding hydrogens is 534 g/mol. The summed E-state index contributed by atoms with van der Waals surface area (Å²) in [6.07, 6.45) is 0.518. The second-order valence-corrected chi connectivity index (χ2v) is 9.15. The highest BCUT2D eigenvalue weighted by atomic mass is 35.5. The first-order chi connectivity index (χ1) is 18.8. The van der Waals surface area contributed by atoms with Gasteiger partial charge >= 0.3 is 5.97 Å². The summed E-state index contributed by atoms with van der Waals surface area (Å²) < 4.78 is 22.1. The van der Waals surface area contributed by atoms with Crippen LogP contribution in [0.4, 0.5) is 0 Å². The number of hydrogen-bond donors (Lipinski definition) is 0. The van der Waals surface area contributed by atoms with Gasteiger partial charge in [0.15, 0.2) is 28.3 Å². The first-order valence-electron chi connectivity index (χ1n) is 12.6. The number of carbonyl (C=O) groups is 2. The number of methoxy groups -OCH3 is 2. The Morgan fingerprint density at radius 2 is 1.65 bits per heavy atom. The van der Waals surface area contributed by atoms with Crippen molar-refractivity contribution >= 4 is 35.1 Å². The molecule has 1 aromatic heterocycles. The summed E-state index contributed by atoms with van der Waals surface area (Å²) in [6, 6.07) is 19.2. The van der Waals surface area contributed by atoms with Crippen LogP contribution in [0.1, 0.15) is 32.7 Å². The van der Waals surface area contributed by atoms with Gasteiger partial charge in [-0.1, -0.05) is 36.4 Å². The highest BCUT2D eigenvalue weighted by Crippen LogP contribution is 2.29. The quantitative estimate of drug-likeness (QED) is 0.132. The van der Waals surface area contributed by atoms with E-state index in [0.29, 0.717) is 46.7 Å². The van der Waals surface area contributed by atoms with Gasteiger partial charge < -0.3 is 18.6 Å². The van der Waals surface area contributed by atoms with Crippen LogP contribution < -0.4 is 14.9 Å². The van der Waals surface area contributed by atoms with Gasteiger partial charge in [0.2, 0.25) is 0 Å². The van der Waals surface area contributed by atoms with Crippen molar-refractivity contribution in [3.8, 4) is 22.8 Å². The number of ketones is 1. The molecule has 0 atom stereocenters. The first-order valence-corrected chi connectivity index (χ1v) is 12.6. The minimum Gasteiger partial charge on any atom is -0.493 e. The third-order valence-electron chi connectivity index (χ3n) is 6.44. The smallest absolute Gasteiger partial charge is 0.341 e. The molecule has 0 radical (unpaired) electrons. The Morgan fingerprint density at radius 1 is 0.925 bits per heavy atom.